The molecule has 0 aliphatic carbocycles. The first-order chi connectivity index (χ1) is 14.5. The normalized spacial score (nSPS) is 16.0. The summed E-state index contributed by atoms with van der Waals surface area (Å²) in [5, 5.41) is 3.51. The fourth-order valence-electron chi connectivity index (χ4n) is 3.57. The maximum Gasteiger partial charge on any atom is 0.327 e. The van der Waals surface area contributed by atoms with Crippen LogP contribution in [0.3, 0.4) is 0 Å². The van der Waals surface area contributed by atoms with Crippen LogP contribution in [0.1, 0.15) is 11.6 Å². The summed E-state index contributed by atoms with van der Waals surface area (Å²) in [5.74, 6) is 0.217. The summed E-state index contributed by atoms with van der Waals surface area (Å²) in [7, 11) is 2.96. The summed E-state index contributed by atoms with van der Waals surface area (Å²) in [6, 6.07) is 14.0. The van der Waals surface area contributed by atoms with Crippen molar-refractivity contribution in [1.29, 1.82) is 0 Å². The molecule has 2 aromatic rings. The number of amides is 1. The Morgan fingerprint density at radius 3 is 2.33 bits per heavy atom. The van der Waals surface area contributed by atoms with Crippen LogP contribution in [0.5, 0.6) is 5.75 Å². The number of benzene rings is 2. The molecule has 1 atom stereocenters. The predicted octanol–water partition coefficient (Wildman–Crippen LogP) is 2.82. The minimum absolute atomic E-state index is 0.102. The first kappa shape index (κ1) is 22.1. The molecule has 8 heteroatoms. The summed E-state index contributed by atoms with van der Waals surface area (Å²) < 4.78 is 10.3. The van der Waals surface area contributed by atoms with E-state index in [-0.39, 0.29) is 18.4 Å². The first-order valence-corrected chi connectivity index (χ1v) is 10.1. The highest BCUT2D eigenvalue weighted by Crippen LogP contribution is 2.26. The second-order valence-electron chi connectivity index (χ2n) is 7.04. The van der Waals surface area contributed by atoms with E-state index in [2.05, 4.69) is 15.1 Å². The highest BCUT2D eigenvalue weighted by Gasteiger charge is 2.31. The molecule has 1 N–H and O–H groups in total. The molecule has 1 aliphatic heterocycles. The number of hydrogen-bond donors (Lipinski definition) is 1. The zero-order chi connectivity index (χ0) is 21.5. The number of nitrogens with one attached hydrogen (secondary N) is 1. The average molecular weight is 432 g/mol. The number of carbonyl (C=O) groups is 2. The van der Waals surface area contributed by atoms with E-state index in [0.29, 0.717) is 42.6 Å². The molecule has 7 nitrogen and oxygen atoms in total. The number of ether oxygens (including phenoxy) is 2. The third-order valence-electron chi connectivity index (χ3n) is 5.13. The molecule has 1 amide bonds. The van der Waals surface area contributed by atoms with Gasteiger partial charge in [0.2, 0.25) is 5.91 Å². The van der Waals surface area contributed by atoms with Crippen molar-refractivity contribution >= 4 is 29.2 Å². The number of methoxy groups -OCH3 is 2. The van der Waals surface area contributed by atoms with Crippen molar-refractivity contribution in [2.24, 2.45) is 0 Å². The van der Waals surface area contributed by atoms with Gasteiger partial charge in [-0.25, -0.2) is 4.79 Å². The van der Waals surface area contributed by atoms with Crippen molar-refractivity contribution in [1.82, 2.24) is 9.80 Å². The molecule has 1 saturated heterocycles. The molecule has 0 bridgehead atoms. The Labute approximate surface area is 181 Å². The number of nitrogens with zero attached hydrogens (tertiary/aromatic N) is 2. The maximum absolute atomic E-state index is 12.5. The van der Waals surface area contributed by atoms with Crippen molar-refractivity contribution in [3.63, 3.8) is 0 Å². The maximum atomic E-state index is 12.5. The van der Waals surface area contributed by atoms with Gasteiger partial charge in [0, 0.05) is 31.2 Å². The van der Waals surface area contributed by atoms with Gasteiger partial charge in [-0.15, -0.1) is 0 Å². The van der Waals surface area contributed by atoms with E-state index >= 15 is 0 Å². The van der Waals surface area contributed by atoms with Crippen LogP contribution in [0.2, 0.25) is 5.02 Å². The molecule has 1 unspecified atom stereocenters. The quantitative estimate of drug-likeness (QED) is 0.680. The Balaban J connectivity index is 1.58. The van der Waals surface area contributed by atoms with E-state index in [1.54, 1.807) is 25.3 Å². The fraction of sp³-hybridized carbons (Fsp3) is 0.364. The Kier molecular flexibility index (Phi) is 7.68. The number of esters is 1. The average Bonchev–Trinajstić information content (AvgIpc) is 2.76. The van der Waals surface area contributed by atoms with Gasteiger partial charge in [0.15, 0.2) is 0 Å². The van der Waals surface area contributed by atoms with Gasteiger partial charge < -0.3 is 14.8 Å². The van der Waals surface area contributed by atoms with Gasteiger partial charge in [-0.2, -0.15) is 0 Å². The SMILES string of the molecule is COC(=O)C(c1ccc(Cl)cc1)N1CCN(CC(=O)Nc2ccccc2OC)CC1. The summed E-state index contributed by atoms with van der Waals surface area (Å²) in [6.45, 7) is 2.89. The lowest BCUT2D eigenvalue weighted by Crippen LogP contribution is -2.51. The van der Waals surface area contributed by atoms with Crippen molar-refractivity contribution in [3.8, 4) is 5.75 Å². The van der Waals surface area contributed by atoms with Gasteiger partial charge in [0.25, 0.3) is 0 Å². The molecule has 1 aliphatic rings. The molecule has 0 radical (unpaired) electrons. The number of rotatable bonds is 7. The van der Waals surface area contributed by atoms with Gasteiger partial charge in [-0.3, -0.25) is 14.6 Å². The van der Waals surface area contributed by atoms with Crippen LogP contribution in [-0.2, 0) is 14.3 Å². The van der Waals surface area contributed by atoms with Crippen molar-refractivity contribution in [3.05, 3.63) is 59.1 Å². The van der Waals surface area contributed by atoms with Gasteiger partial charge in [0.05, 0.1) is 26.5 Å². The predicted molar refractivity (Wildman–Crippen MR) is 116 cm³/mol. The standard InChI is InChI=1S/C22H26ClN3O4/c1-29-19-6-4-3-5-18(19)24-20(27)15-25-11-13-26(14-12-25)21(22(28)30-2)16-7-9-17(23)10-8-16/h3-10,21H,11-15H2,1-2H3,(H,24,27). The highest BCUT2D eigenvalue weighted by atomic mass is 35.5. The molecular weight excluding hydrogens is 406 g/mol. The molecule has 160 valence electrons. The molecule has 1 fully saturated rings. The van der Waals surface area contributed by atoms with Crippen LogP contribution in [-0.4, -0.2) is 68.6 Å². The van der Waals surface area contributed by atoms with E-state index < -0.39 is 6.04 Å². The number of hydrogen-bond acceptors (Lipinski definition) is 6. The lowest BCUT2D eigenvalue weighted by atomic mass is 10.0. The highest BCUT2D eigenvalue weighted by molar-refractivity contribution is 6.30. The molecule has 1 heterocycles. The minimum atomic E-state index is -0.489. The zero-order valence-corrected chi connectivity index (χ0v) is 17.9. The van der Waals surface area contributed by atoms with Gasteiger partial charge in [-0.05, 0) is 29.8 Å². The van der Waals surface area contributed by atoms with E-state index in [1.807, 2.05) is 30.3 Å². The summed E-state index contributed by atoms with van der Waals surface area (Å²) in [4.78, 5) is 29.0. The Bertz CT molecular complexity index is 867. The molecule has 0 saturated carbocycles. The van der Waals surface area contributed by atoms with Crippen molar-refractivity contribution in [2.75, 3.05) is 52.3 Å². The largest absolute Gasteiger partial charge is 0.495 e. The number of para-hydroxylation sites is 2. The summed E-state index contributed by atoms with van der Waals surface area (Å²) >= 11 is 5.98. The lowest BCUT2D eigenvalue weighted by molar-refractivity contribution is -0.148. The molecule has 0 spiro atoms. The number of piperazine rings is 1. The van der Waals surface area contributed by atoms with Crippen molar-refractivity contribution in [2.45, 2.75) is 6.04 Å². The molecule has 2 aromatic carbocycles. The van der Waals surface area contributed by atoms with Gasteiger partial charge >= 0.3 is 5.97 Å². The van der Waals surface area contributed by atoms with Crippen LogP contribution in [0.25, 0.3) is 0 Å². The Morgan fingerprint density at radius 1 is 1.03 bits per heavy atom. The smallest absolute Gasteiger partial charge is 0.327 e. The molecular formula is C22H26ClN3O4. The number of anilines is 1. The first-order valence-electron chi connectivity index (χ1n) is 9.74. The second-order valence-corrected chi connectivity index (χ2v) is 7.47. The topological polar surface area (TPSA) is 71.1 Å². The molecule has 0 aromatic heterocycles. The second kappa shape index (κ2) is 10.4. The number of halogens is 1. The van der Waals surface area contributed by atoms with Crippen LogP contribution in [0.4, 0.5) is 5.69 Å². The number of carbonyl (C=O) groups excluding carboxylic acids is 2. The lowest BCUT2D eigenvalue weighted by Gasteiger charge is -2.38. The zero-order valence-electron chi connectivity index (χ0n) is 17.1. The van der Waals surface area contributed by atoms with Crippen LogP contribution >= 0.6 is 11.6 Å². The van der Waals surface area contributed by atoms with E-state index in [0.717, 1.165) is 5.56 Å². The summed E-state index contributed by atoms with van der Waals surface area (Å²) in [6.07, 6.45) is 0. The third kappa shape index (κ3) is 5.50. The Morgan fingerprint density at radius 2 is 1.70 bits per heavy atom. The molecule has 30 heavy (non-hydrogen) atoms. The van der Waals surface area contributed by atoms with E-state index in [1.165, 1.54) is 7.11 Å². The van der Waals surface area contributed by atoms with Gasteiger partial charge in [-0.1, -0.05) is 35.9 Å². The monoisotopic (exact) mass is 431 g/mol. The minimum Gasteiger partial charge on any atom is -0.495 e. The van der Waals surface area contributed by atoms with Crippen molar-refractivity contribution < 1.29 is 19.1 Å². The third-order valence-corrected chi connectivity index (χ3v) is 5.38. The van der Waals surface area contributed by atoms with Gasteiger partial charge in [0.1, 0.15) is 11.8 Å². The van der Waals surface area contributed by atoms with E-state index in [9.17, 15) is 9.59 Å². The fourth-order valence-corrected chi connectivity index (χ4v) is 3.70. The van der Waals surface area contributed by atoms with E-state index in [4.69, 9.17) is 21.1 Å². The summed E-state index contributed by atoms with van der Waals surface area (Å²) in [5.41, 5.74) is 1.49. The molecule has 3 rings (SSSR count). The van der Waals surface area contributed by atoms with Crippen LogP contribution in [0, 0.1) is 0 Å². The van der Waals surface area contributed by atoms with Crippen LogP contribution in [0.15, 0.2) is 48.5 Å². The Hall–Kier alpha value is -2.61. The van der Waals surface area contributed by atoms with Crippen LogP contribution < -0.4 is 10.1 Å².